The van der Waals surface area contributed by atoms with Crippen LogP contribution in [0.2, 0.25) is 0 Å². The average molecular weight is 679 g/mol. The maximum Gasteiger partial charge on any atom is 0.0624 e. The van der Waals surface area contributed by atoms with Crippen LogP contribution in [-0.4, -0.2) is 27.4 Å². The standard InChI is InChI=1S/C17H14N.C16H30O2.Ir/c1-12-7-13(2)9-16(8-12)17-10-14-5-3-4-6-15(14)11-18-17;1-9(2)5-12-7-11-8-13(6-10(3)4)16(18)14(11)15(12)17;/h3-8,10-11H,1-2H3;9-18H,5-8H2,1-4H3;/q-1;;/t;11?,12-,13-,14?,15?,16?;/m.0./s1. The van der Waals surface area contributed by atoms with E-state index in [0.717, 1.165) is 42.5 Å². The summed E-state index contributed by atoms with van der Waals surface area (Å²) in [5.41, 5.74) is 4.45. The van der Waals surface area contributed by atoms with Crippen LogP contribution in [0.15, 0.2) is 48.7 Å². The fraction of sp³-hybridized carbons (Fsp3) is 0.545. The third-order valence-corrected chi connectivity index (χ3v) is 8.11. The molecule has 1 heterocycles. The third-order valence-electron chi connectivity index (χ3n) is 8.11. The van der Waals surface area contributed by atoms with Crippen molar-refractivity contribution in [3.63, 3.8) is 0 Å². The third kappa shape index (κ3) is 7.30. The zero-order valence-electron chi connectivity index (χ0n) is 23.2. The summed E-state index contributed by atoms with van der Waals surface area (Å²) >= 11 is 0. The maximum absolute atomic E-state index is 10.5. The molecule has 2 aliphatic carbocycles. The number of benzene rings is 2. The summed E-state index contributed by atoms with van der Waals surface area (Å²) in [6.45, 7) is 13.1. The molecule has 0 bridgehead atoms. The molecule has 2 aliphatic rings. The summed E-state index contributed by atoms with van der Waals surface area (Å²) in [5, 5.41) is 23.3. The van der Waals surface area contributed by atoms with E-state index in [2.05, 4.69) is 89.0 Å². The van der Waals surface area contributed by atoms with Gasteiger partial charge < -0.3 is 15.2 Å². The van der Waals surface area contributed by atoms with Crippen molar-refractivity contribution in [2.24, 2.45) is 35.5 Å². The van der Waals surface area contributed by atoms with Gasteiger partial charge in [-0.1, -0.05) is 71.9 Å². The van der Waals surface area contributed by atoms with Crippen molar-refractivity contribution in [1.82, 2.24) is 4.98 Å². The van der Waals surface area contributed by atoms with E-state index in [-0.39, 0.29) is 38.2 Å². The van der Waals surface area contributed by atoms with Crippen LogP contribution in [0.5, 0.6) is 0 Å². The van der Waals surface area contributed by atoms with Crippen LogP contribution >= 0.6 is 0 Å². The van der Waals surface area contributed by atoms with Gasteiger partial charge in [0.2, 0.25) is 0 Å². The Bertz CT molecular complexity index is 1110. The second kappa shape index (κ2) is 13.0. The van der Waals surface area contributed by atoms with E-state index in [4.69, 9.17) is 0 Å². The molecule has 0 spiro atoms. The first-order valence-corrected chi connectivity index (χ1v) is 13.8. The van der Waals surface area contributed by atoms with Crippen molar-refractivity contribution in [3.8, 4) is 11.3 Å². The molecule has 0 amide bonds. The summed E-state index contributed by atoms with van der Waals surface area (Å²) < 4.78 is 0. The molecule has 2 unspecified atom stereocenters. The summed E-state index contributed by atoms with van der Waals surface area (Å²) in [4.78, 5) is 4.53. The van der Waals surface area contributed by atoms with Gasteiger partial charge in [-0.05, 0) is 71.7 Å². The molecule has 4 atom stereocenters. The van der Waals surface area contributed by atoms with Gasteiger partial charge in [-0.15, -0.1) is 34.9 Å². The molecule has 5 rings (SSSR count). The number of aliphatic hydroxyl groups is 2. The number of aromatic nitrogens is 1. The fourth-order valence-corrected chi connectivity index (χ4v) is 6.80. The second-order valence-electron chi connectivity index (χ2n) is 12.2. The minimum absolute atomic E-state index is 0. The van der Waals surface area contributed by atoms with Gasteiger partial charge in [0.15, 0.2) is 0 Å². The Morgan fingerprint density at radius 1 is 0.865 bits per heavy atom. The smallest absolute Gasteiger partial charge is 0.0624 e. The summed E-state index contributed by atoms with van der Waals surface area (Å²) in [7, 11) is 0. The van der Waals surface area contributed by atoms with Crippen LogP contribution in [0.3, 0.4) is 0 Å². The number of fused-ring (bicyclic) bond motifs is 2. The van der Waals surface area contributed by atoms with Gasteiger partial charge in [-0.25, -0.2) is 0 Å². The molecule has 2 N–H and O–H groups in total. The molecular formula is C33H44IrNO2-. The number of nitrogens with zero attached hydrogens (tertiary/aromatic N) is 1. The van der Waals surface area contributed by atoms with Crippen LogP contribution in [0.4, 0.5) is 0 Å². The Morgan fingerprint density at radius 2 is 1.43 bits per heavy atom. The Balaban J connectivity index is 0.000000200. The first kappa shape index (κ1) is 30.0. The first-order chi connectivity index (χ1) is 17.1. The Morgan fingerprint density at radius 3 is 1.95 bits per heavy atom. The van der Waals surface area contributed by atoms with Crippen LogP contribution in [-0.2, 0) is 20.1 Å². The monoisotopic (exact) mass is 679 g/mol. The predicted octanol–water partition coefficient (Wildman–Crippen LogP) is 7.39. The zero-order valence-corrected chi connectivity index (χ0v) is 25.6. The minimum Gasteiger partial charge on any atom is -0.392 e. The van der Waals surface area contributed by atoms with Crippen molar-refractivity contribution < 1.29 is 30.3 Å². The zero-order chi connectivity index (χ0) is 26.0. The SMILES string of the molecule is CC(C)C[C@H]1CC2C[C@H](CC(C)C)C(O)C2C1O.Cc1[c-]c(-c2cc3ccccc3cn2)cc(C)c1.[Ir]. The summed E-state index contributed by atoms with van der Waals surface area (Å²) in [5.74, 6) is 2.88. The Labute approximate surface area is 237 Å². The maximum atomic E-state index is 10.5. The van der Waals surface area contributed by atoms with Crippen molar-refractivity contribution in [2.75, 3.05) is 0 Å². The molecule has 1 aromatic heterocycles. The van der Waals surface area contributed by atoms with Crippen LogP contribution in [0.1, 0.15) is 64.5 Å². The first-order valence-electron chi connectivity index (χ1n) is 13.8. The summed E-state index contributed by atoms with van der Waals surface area (Å²) in [6.07, 6.45) is 5.89. The van der Waals surface area contributed by atoms with Crippen LogP contribution in [0, 0.1) is 55.4 Å². The van der Waals surface area contributed by atoms with Crippen molar-refractivity contribution >= 4 is 10.8 Å². The van der Waals surface area contributed by atoms with Gasteiger partial charge >= 0.3 is 0 Å². The van der Waals surface area contributed by atoms with Crippen LogP contribution < -0.4 is 0 Å². The van der Waals surface area contributed by atoms with E-state index in [1.54, 1.807) is 0 Å². The molecule has 203 valence electrons. The van der Waals surface area contributed by atoms with Crippen molar-refractivity contribution in [2.45, 2.75) is 79.4 Å². The van der Waals surface area contributed by atoms with E-state index in [0.29, 0.717) is 29.6 Å². The van der Waals surface area contributed by atoms with E-state index in [9.17, 15) is 10.2 Å². The molecule has 37 heavy (non-hydrogen) atoms. The van der Waals surface area contributed by atoms with Gasteiger partial charge in [-0.3, -0.25) is 0 Å². The number of aliphatic hydroxyl groups excluding tert-OH is 2. The van der Waals surface area contributed by atoms with Crippen molar-refractivity contribution in [1.29, 1.82) is 0 Å². The van der Waals surface area contributed by atoms with E-state index < -0.39 is 0 Å². The predicted molar refractivity (Wildman–Crippen MR) is 150 cm³/mol. The molecule has 2 aromatic carbocycles. The molecule has 4 heteroatoms. The molecule has 0 saturated heterocycles. The molecule has 2 fully saturated rings. The minimum atomic E-state index is -0.260. The second-order valence-corrected chi connectivity index (χ2v) is 12.2. The van der Waals surface area contributed by atoms with Gasteiger partial charge in [0.1, 0.15) is 0 Å². The van der Waals surface area contributed by atoms with Crippen molar-refractivity contribution in [3.05, 3.63) is 65.9 Å². The normalized spacial score (nSPS) is 26.6. The number of rotatable bonds is 5. The molecule has 0 aliphatic heterocycles. The molecule has 3 aromatic rings. The number of hydrogen-bond donors (Lipinski definition) is 2. The van der Waals surface area contributed by atoms with E-state index in [1.807, 2.05) is 12.3 Å². The van der Waals surface area contributed by atoms with Gasteiger partial charge in [0, 0.05) is 32.2 Å². The van der Waals surface area contributed by atoms with Gasteiger partial charge in [0.05, 0.1) is 12.2 Å². The molecule has 1 radical (unpaired) electrons. The Kier molecular flexibility index (Phi) is 10.5. The topological polar surface area (TPSA) is 53.4 Å². The molecule has 2 saturated carbocycles. The fourth-order valence-electron chi connectivity index (χ4n) is 6.80. The summed E-state index contributed by atoms with van der Waals surface area (Å²) in [6, 6.07) is 18.0. The number of aryl methyl sites for hydroxylation is 2. The average Bonchev–Trinajstić information content (AvgIpc) is 3.27. The van der Waals surface area contributed by atoms with Gasteiger partial charge in [-0.2, -0.15) is 0 Å². The molecule has 3 nitrogen and oxygen atoms in total. The van der Waals surface area contributed by atoms with Gasteiger partial charge in [0.25, 0.3) is 0 Å². The van der Waals surface area contributed by atoms with E-state index >= 15 is 0 Å². The molecular weight excluding hydrogens is 635 g/mol. The Hall–Kier alpha value is -1.58. The van der Waals surface area contributed by atoms with Crippen LogP contribution in [0.25, 0.3) is 22.0 Å². The number of hydrogen-bond acceptors (Lipinski definition) is 3. The number of pyridine rings is 1. The van der Waals surface area contributed by atoms with E-state index in [1.165, 1.54) is 16.3 Å². The quantitative estimate of drug-likeness (QED) is 0.277. The largest absolute Gasteiger partial charge is 0.392 e.